The normalized spacial score (nSPS) is 17.2. The number of nitrogens with zero attached hydrogens (tertiary/aromatic N) is 3. The molecule has 17 heavy (non-hydrogen) atoms. The van der Waals surface area contributed by atoms with E-state index in [2.05, 4.69) is 10.1 Å². The zero-order valence-electron chi connectivity index (χ0n) is 9.14. The van der Waals surface area contributed by atoms with E-state index in [1.54, 1.807) is 12.3 Å². The van der Waals surface area contributed by atoms with Crippen molar-refractivity contribution < 1.29 is 9.94 Å². The SMILES string of the molecule is N/C(=N/O)c1ccnc(N2CCOCC2)c1Cl. The van der Waals surface area contributed by atoms with Crippen LogP contribution in [-0.2, 0) is 4.74 Å². The quantitative estimate of drug-likeness (QED) is 0.352. The van der Waals surface area contributed by atoms with Gasteiger partial charge in [-0.15, -0.1) is 0 Å². The Morgan fingerprint density at radius 1 is 1.53 bits per heavy atom. The lowest BCUT2D eigenvalue weighted by atomic mass is 10.2. The smallest absolute Gasteiger partial charge is 0.171 e. The van der Waals surface area contributed by atoms with Crippen LogP contribution in [-0.4, -0.2) is 42.3 Å². The Balaban J connectivity index is 2.34. The summed E-state index contributed by atoms with van der Waals surface area (Å²) in [4.78, 5) is 6.24. The van der Waals surface area contributed by atoms with Gasteiger partial charge in [-0.1, -0.05) is 16.8 Å². The Morgan fingerprint density at radius 2 is 2.24 bits per heavy atom. The molecule has 92 valence electrons. The Hall–Kier alpha value is -1.53. The van der Waals surface area contributed by atoms with Crippen LogP contribution >= 0.6 is 11.6 Å². The molecule has 0 bridgehead atoms. The number of hydrogen-bond donors (Lipinski definition) is 2. The highest BCUT2D eigenvalue weighted by Crippen LogP contribution is 2.27. The predicted molar refractivity (Wildman–Crippen MR) is 64.8 cm³/mol. The summed E-state index contributed by atoms with van der Waals surface area (Å²) in [6.45, 7) is 2.75. The molecule has 7 heteroatoms. The van der Waals surface area contributed by atoms with Crippen molar-refractivity contribution in [2.24, 2.45) is 10.9 Å². The summed E-state index contributed by atoms with van der Waals surface area (Å²) in [5.74, 6) is 0.617. The lowest BCUT2D eigenvalue weighted by Gasteiger charge is -2.28. The fraction of sp³-hybridized carbons (Fsp3) is 0.400. The zero-order valence-corrected chi connectivity index (χ0v) is 9.89. The molecule has 0 spiro atoms. The van der Waals surface area contributed by atoms with Crippen molar-refractivity contribution in [1.82, 2.24) is 4.98 Å². The molecule has 0 atom stereocenters. The second-order valence-corrected chi connectivity index (χ2v) is 3.96. The molecular formula is C10H13ClN4O2. The summed E-state index contributed by atoms with van der Waals surface area (Å²) in [5.41, 5.74) is 6.02. The predicted octanol–water partition coefficient (Wildman–Crippen LogP) is 0.666. The van der Waals surface area contributed by atoms with E-state index in [1.807, 2.05) is 4.90 Å². The molecule has 3 N–H and O–H groups in total. The monoisotopic (exact) mass is 256 g/mol. The van der Waals surface area contributed by atoms with E-state index in [9.17, 15) is 0 Å². The van der Waals surface area contributed by atoms with Gasteiger partial charge in [0.2, 0.25) is 0 Å². The number of nitrogens with two attached hydrogens (primary N) is 1. The van der Waals surface area contributed by atoms with Crippen LogP contribution in [0.4, 0.5) is 5.82 Å². The molecule has 0 amide bonds. The lowest BCUT2D eigenvalue weighted by molar-refractivity contribution is 0.122. The van der Waals surface area contributed by atoms with Crippen molar-refractivity contribution in [1.29, 1.82) is 0 Å². The average molecular weight is 257 g/mol. The van der Waals surface area contributed by atoms with Crippen LogP contribution in [0.15, 0.2) is 17.4 Å². The summed E-state index contributed by atoms with van der Waals surface area (Å²) in [6.07, 6.45) is 1.59. The first kappa shape index (κ1) is 11.9. The molecular weight excluding hydrogens is 244 g/mol. The van der Waals surface area contributed by atoms with Crippen LogP contribution in [0.1, 0.15) is 5.56 Å². The van der Waals surface area contributed by atoms with Gasteiger partial charge in [0, 0.05) is 24.8 Å². The molecule has 1 aliphatic heterocycles. The van der Waals surface area contributed by atoms with Crippen LogP contribution in [0.3, 0.4) is 0 Å². The number of pyridine rings is 1. The molecule has 6 nitrogen and oxygen atoms in total. The molecule has 0 aromatic carbocycles. The van der Waals surface area contributed by atoms with Gasteiger partial charge in [-0.2, -0.15) is 0 Å². The van der Waals surface area contributed by atoms with Gasteiger partial charge < -0.3 is 20.6 Å². The number of anilines is 1. The molecule has 1 aromatic heterocycles. The summed E-state index contributed by atoms with van der Waals surface area (Å²) in [6, 6.07) is 1.61. The Kier molecular flexibility index (Phi) is 3.65. The van der Waals surface area contributed by atoms with Crippen molar-refractivity contribution in [3.8, 4) is 0 Å². The minimum absolute atomic E-state index is 0.0214. The lowest BCUT2D eigenvalue weighted by Crippen LogP contribution is -2.37. The van der Waals surface area contributed by atoms with E-state index in [1.165, 1.54) is 0 Å². The zero-order chi connectivity index (χ0) is 12.3. The molecule has 2 rings (SSSR count). The topological polar surface area (TPSA) is 84.0 Å². The number of hydrogen-bond acceptors (Lipinski definition) is 5. The van der Waals surface area contributed by atoms with Gasteiger partial charge in [-0.05, 0) is 6.07 Å². The highest BCUT2D eigenvalue weighted by molar-refractivity contribution is 6.36. The summed E-state index contributed by atoms with van der Waals surface area (Å²) in [5, 5.41) is 12.0. The number of oxime groups is 1. The average Bonchev–Trinajstić information content (AvgIpc) is 2.39. The first-order chi connectivity index (χ1) is 8.24. The third kappa shape index (κ3) is 2.42. The maximum absolute atomic E-state index is 8.66. The number of halogens is 1. The van der Waals surface area contributed by atoms with Crippen molar-refractivity contribution in [2.75, 3.05) is 31.2 Å². The van der Waals surface area contributed by atoms with Gasteiger partial charge in [0.15, 0.2) is 5.84 Å². The highest BCUT2D eigenvalue weighted by atomic mass is 35.5. The minimum atomic E-state index is -0.0214. The van der Waals surface area contributed by atoms with Gasteiger partial charge in [0.25, 0.3) is 0 Å². The van der Waals surface area contributed by atoms with E-state index in [0.717, 1.165) is 13.1 Å². The van der Waals surface area contributed by atoms with Crippen molar-refractivity contribution >= 4 is 23.3 Å². The number of rotatable bonds is 2. The van der Waals surface area contributed by atoms with E-state index in [4.69, 9.17) is 27.3 Å². The summed E-state index contributed by atoms with van der Waals surface area (Å²) < 4.78 is 5.26. The van der Waals surface area contributed by atoms with Crippen LogP contribution in [0.25, 0.3) is 0 Å². The third-order valence-corrected chi connectivity index (χ3v) is 2.94. The van der Waals surface area contributed by atoms with E-state index < -0.39 is 0 Å². The molecule has 1 aliphatic rings. The van der Waals surface area contributed by atoms with Gasteiger partial charge in [0.1, 0.15) is 5.82 Å². The van der Waals surface area contributed by atoms with Crippen LogP contribution in [0.2, 0.25) is 5.02 Å². The Labute approximate surface area is 104 Å². The van der Waals surface area contributed by atoms with Gasteiger partial charge in [-0.3, -0.25) is 0 Å². The second kappa shape index (κ2) is 5.20. The van der Waals surface area contributed by atoms with E-state index >= 15 is 0 Å². The van der Waals surface area contributed by atoms with E-state index in [-0.39, 0.29) is 5.84 Å². The first-order valence-corrected chi connectivity index (χ1v) is 5.57. The molecule has 0 saturated carbocycles. The maximum atomic E-state index is 8.66. The standard InChI is InChI=1S/C10H13ClN4O2/c11-8-7(9(12)14-16)1-2-13-10(8)15-3-5-17-6-4-15/h1-2,16H,3-6H2,(H2,12,14). The minimum Gasteiger partial charge on any atom is -0.409 e. The van der Waals surface area contributed by atoms with Gasteiger partial charge in [-0.25, -0.2) is 4.98 Å². The first-order valence-electron chi connectivity index (χ1n) is 5.19. The van der Waals surface area contributed by atoms with Crippen molar-refractivity contribution in [3.05, 3.63) is 22.8 Å². The van der Waals surface area contributed by atoms with Crippen LogP contribution in [0, 0.1) is 0 Å². The second-order valence-electron chi connectivity index (χ2n) is 3.58. The molecule has 1 fully saturated rings. The molecule has 1 saturated heterocycles. The largest absolute Gasteiger partial charge is 0.409 e. The number of ether oxygens (including phenoxy) is 1. The maximum Gasteiger partial charge on any atom is 0.171 e. The summed E-state index contributed by atoms with van der Waals surface area (Å²) in [7, 11) is 0. The van der Waals surface area contributed by atoms with E-state index in [0.29, 0.717) is 29.6 Å². The van der Waals surface area contributed by atoms with Crippen molar-refractivity contribution in [3.63, 3.8) is 0 Å². The highest BCUT2D eigenvalue weighted by Gasteiger charge is 2.18. The number of aromatic nitrogens is 1. The fourth-order valence-electron chi connectivity index (χ4n) is 1.68. The third-order valence-electron chi connectivity index (χ3n) is 2.57. The Bertz CT molecular complexity index is 432. The van der Waals surface area contributed by atoms with Crippen LogP contribution in [0.5, 0.6) is 0 Å². The molecule has 0 radical (unpaired) electrons. The Morgan fingerprint density at radius 3 is 2.88 bits per heavy atom. The number of morpholine rings is 1. The molecule has 2 heterocycles. The fourth-order valence-corrected chi connectivity index (χ4v) is 2.01. The van der Waals surface area contributed by atoms with Crippen LogP contribution < -0.4 is 10.6 Å². The molecule has 0 aliphatic carbocycles. The molecule has 1 aromatic rings. The molecule has 0 unspecified atom stereocenters. The van der Waals surface area contributed by atoms with Gasteiger partial charge >= 0.3 is 0 Å². The number of amidine groups is 1. The summed E-state index contributed by atoms with van der Waals surface area (Å²) >= 11 is 6.20. The van der Waals surface area contributed by atoms with Gasteiger partial charge in [0.05, 0.1) is 18.2 Å². The van der Waals surface area contributed by atoms with Crippen molar-refractivity contribution in [2.45, 2.75) is 0 Å².